The van der Waals surface area contributed by atoms with Crippen molar-refractivity contribution in [3.05, 3.63) is 35.9 Å². The van der Waals surface area contributed by atoms with E-state index in [4.69, 9.17) is 0 Å². The third kappa shape index (κ3) is 4.60. The Hall–Kier alpha value is -1.88. The molecule has 2 aliphatic heterocycles. The summed E-state index contributed by atoms with van der Waals surface area (Å²) in [6, 6.07) is 10.9. The van der Waals surface area contributed by atoms with Crippen molar-refractivity contribution in [2.24, 2.45) is 5.92 Å². The highest BCUT2D eigenvalue weighted by molar-refractivity contribution is 5.89. The summed E-state index contributed by atoms with van der Waals surface area (Å²) in [7, 11) is 0. The Bertz CT molecular complexity index is 590. The molecule has 2 atom stereocenters. The topological polar surface area (TPSA) is 52.7 Å². The fraction of sp³-hybridized carbons (Fsp3) is 0.600. The van der Waals surface area contributed by atoms with Crippen LogP contribution in [0, 0.1) is 5.92 Å². The Kier molecular flexibility index (Phi) is 6.08. The van der Waals surface area contributed by atoms with Gasteiger partial charge in [0.25, 0.3) is 0 Å². The van der Waals surface area contributed by atoms with Gasteiger partial charge in [-0.15, -0.1) is 0 Å². The van der Waals surface area contributed by atoms with Gasteiger partial charge in [-0.2, -0.15) is 0 Å². The minimum atomic E-state index is -0.182. The van der Waals surface area contributed by atoms with Gasteiger partial charge in [0, 0.05) is 38.6 Å². The Morgan fingerprint density at radius 1 is 1.24 bits per heavy atom. The number of nitrogens with zero attached hydrogens (tertiary/aromatic N) is 2. The van der Waals surface area contributed by atoms with Crippen LogP contribution in [-0.2, 0) is 16.1 Å². The predicted octanol–water partition coefficient (Wildman–Crippen LogP) is 2.03. The van der Waals surface area contributed by atoms with Crippen LogP contribution in [0.1, 0.15) is 38.2 Å². The summed E-state index contributed by atoms with van der Waals surface area (Å²) in [6.45, 7) is 5.92. The Labute approximate surface area is 150 Å². The molecule has 5 heteroatoms. The molecule has 2 aliphatic rings. The second-order valence-corrected chi connectivity index (χ2v) is 7.18. The van der Waals surface area contributed by atoms with Gasteiger partial charge in [-0.05, 0) is 31.9 Å². The molecule has 0 aromatic heterocycles. The fourth-order valence-electron chi connectivity index (χ4n) is 3.93. The first-order chi connectivity index (χ1) is 12.2. The normalized spacial score (nSPS) is 24.5. The smallest absolute Gasteiger partial charge is 0.225 e. The number of piperidine rings is 1. The molecule has 3 rings (SSSR count). The molecule has 1 aromatic carbocycles. The Morgan fingerprint density at radius 3 is 2.76 bits per heavy atom. The highest BCUT2D eigenvalue weighted by Gasteiger charge is 2.33. The quantitative estimate of drug-likeness (QED) is 0.860. The number of amides is 2. The minimum Gasteiger partial charge on any atom is -0.354 e. The monoisotopic (exact) mass is 343 g/mol. The molecule has 0 spiro atoms. The van der Waals surface area contributed by atoms with Crippen molar-refractivity contribution >= 4 is 11.8 Å². The van der Waals surface area contributed by atoms with E-state index >= 15 is 0 Å². The highest BCUT2D eigenvalue weighted by Crippen LogP contribution is 2.20. The average Bonchev–Trinajstić information content (AvgIpc) is 3.02. The third-order valence-corrected chi connectivity index (χ3v) is 5.46. The second-order valence-electron chi connectivity index (χ2n) is 7.18. The SMILES string of the molecule is CCN1CC(C(=O)NCC2CCCCN2Cc2ccccc2)CC1=O. The summed E-state index contributed by atoms with van der Waals surface area (Å²) < 4.78 is 0. The average molecular weight is 343 g/mol. The molecule has 1 N–H and O–H groups in total. The molecule has 2 unspecified atom stereocenters. The van der Waals surface area contributed by atoms with Gasteiger partial charge in [0.1, 0.15) is 0 Å². The van der Waals surface area contributed by atoms with Crippen LogP contribution in [-0.4, -0.2) is 53.8 Å². The number of rotatable bonds is 6. The molecule has 2 saturated heterocycles. The van der Waals surface area contributed by atoms with Gasteiger partial charge in [-0.1, -0.05) is 36.8 Å². The van der Waals surface area contributed by atoms with Crippen LogP contribution in [0.5, 0.6) is 0 Å². The molecular formula is C20H29N3O2. The van der Waals surface area contributed by atoms with E-state index in [1.807, 2.05) is 13.0 Å². The van der Waals surface area contributed by atoms with E-state index in [1.54, 1.807) is 4.90 Å². The van der Waals surface area contributed by atoms with Crippen LogP contribution in [0.15, 0.2) is 30.3 Å². The Balaban J connectivity index is 1.52. The molecule has 0 aliphatic carbocycles. The first-order valence-corrected chi connectivity index (χ1v) is 9.51. The fourth-order valence-corrected chi connectivity index (χ4v) is 3.93. The zero-order chi connectivity index (χ0) is 17.6. The van der Waals surface area contributed by atoms with Crippen molar-refractivity contribution in [1.82, 2.24) is 15.1 Å². The van der Waals surface area contributed by atoms with Crippen molar-refractivity contribution in [3.63, 3.8) is 0 Å². The maximum atomic E-state index is 12.5. The first kappa shape index (κ1) is 17.9. The van der Waals surface area contributed by atoms with Gasteiger partial charge in [-0.25, -0.2) is 0 Å². The second kappa shape index (κ2) is 8.48. The lowest BCUT2D eigenvalue weighted by Crippen LogP contribution is -2.47. The molecular weight excluding hydrogens is 314 g/mol. The third-order valence-electron chi connectivity index (χ3n) is 5.46. The number of hydrogen-bond acceptors (Lipinski definition) is 3. The van der Waals surface area contributed by atoms with E-state index in [0.717, 1.165) is 19.5 Å². The minimum absolute atomic E-state index is 0.0366. The van der Waals surface area contributed by atoms with Gasteiger partial charge in [0.15, 0.2) is 0 Å². The molecule has 25 heavy (non-hydrogen) atoms. The molecule has 2 amide bonds. The lowest BCUT2D eigenvalue weighted by molar-refractivity contribution is -0.129. The zero-order valence-corrected chi connectivity index (χ0v) is 15.1. The molecule has 136 valence electrons. The van der Waals surface area contributed by atoms with E-state index in [9.17, 15) is 9.59 Å². The molecule has 0 radical (unpaired) electrons. The van der Waals surface area contributed by atoms with Gasteiger partial charge < -0.3 is 10.2 Å². The zero-order valence-electron chi connectivity index (χ0n) is 15.1. The van der Waals surface area contributed by atoms with Crippen LogP contribution in [0.2, 0.25) is 0 Å². The lowest BCUT2D eigenvalue weighted by atomic mass is 10.0. The Morgan fingerprint density at radius 2 is 2.04 bits per heavy atom. The van der Waals surface area contributed by atoms with E-state index in [2.05, 4.69) is 34.5 Å². The van der Waals surface area contributed by atoms with E-state index in [0.29, 0.717) is 32.1 Å². The van der Waals surface area contributed by atoms with Crippen molar-refractivity contribution in [2.45, 2.75) is 45.2 Å². The van der Waals surface area contributed by atoms with E-state index < -0.39 is 0 Å². The molecule has 5 nitrogen and oxygen atoms in total. The van der Waals surface area contributed by atoms with Crippen LogP contribution in [0.4, 0.5) is 0 Å². The summed E-state index contributed by atoms with van der Waals surface area (Å²) in [5, 5.41) is 3.12. The molecule has 2 heterocycles. The standard InChI is InChI=1S/C20H29N3O2/c1-2-22-15-17(12-19(22)24)20(25)21-13-18-10-6-7-11-23(18)14-16-8-4-3-5-9-16/h3-5,8-9,17-18H,2,6-7,10-15H2,1H3,(H,21,25). The van der Waals surface area contributed by atoms with E-state index in [-0.39, 0.29) is 17.7 Å². The summed E-state index contributed by atoms with van der Waals surface area (Å²) in [5.74, 6) is -0.0424. The molecule has 0 saturated carbocycles. The van der Waals surface area contributed by atoms with Crippen molar-refractivity contribution in [1.29, 1.82) is 0 Å². The molecule has 0 bridgehead atoms. The molecule has 2 fully saturated rings. The first-order valence-electron chi connectivity index (χ1n) is 9.51. The predicted molar refractivity (Wildman–Crippen MR) is 97.9 cm³/mol. The summed E-state index contributed by atoms with van der Waals surface area (Å²) in [4.78, 5) is 28.5. The van der Waals surface area contributed by atoms with Crippen LogP contribution in [0.25, 0.3) is 0 Å². The van der Waals surface area contributed by atoms with Gasteiger partial charge in [0.2, 0.25) is 11.8 Å². The number of benzene rings is 1. The van der Waals surface area contributed by atoms with Crippen LogP contribution >= 0.6 is 0 Å². The number of carbonyl (C=O) groups excluding carboxylic acids is 2. The maximum Gasteiger partial charge on any atom is 0.225 e. The number of nitrogens with one attached hydrogen (secondary N) is 1. The lowest BCUT2D eigenvalue weighted by Gasteiger charge is -2.36. The summed E-state index contributed by atoms with van der Waals surface area (Å²) >= 11 is 0. The van der Waals surface area contributed by atoms with Gasteiger partial charge in [-0.3, -0.25) is 14.5 Å². The van der Waals surface area contributed by atoms with Gasteiger partial charge in [0.05, 0.1) is 5.92 Å². The summed E-state index contributed by atoms with van der Waals surface area (Å²) in [5.41, 5.74) is 1.32. The van der Waals surface area contributed by atoms with Crippen molar-refractivity contribution in [2.75, 3.05) is 26.2 Å². The van der Waals surface area contributed by atoms with Crippen molar-refractivity contribution < 1.29 is 9.59 Å². The summed E-state index contributed by atoms with van der Waals surface area (Å²) in [6.07, 6.45) is 3.92. The van der Waals surface area contributed by atoms with Crippen LogP contribution < -0.4 is 5.32 Å². The number of hydrogen-bond donors (Lipinski definition) is 1. The molecule has 1 aromatic rings. The number of likely N-dealkylation sites (tertiary alicyclic amines) is 2. The van der Waals surface area contributed by atoms with Crippen LogP contribution in [0.3, 0.4) is 0 Å². The largest absolute Gasteiger partial charge is 0.354 e. The van der Waals surface area contributed by atoms with Gasteiger partial charge >= 0.3 is 0 Å². The van der Waals surface area contributed by atoms with E-state index in [1.165, 1.54) is 18.4 Å². The number of carbonyl (C=O) groups is 2. The maximum absolute atomic E-state index is 12.5. The van der Waals surface area contributed by atoms with Crippen molar-refractivity contribution in [3.8, 4) is 0 Å². The highest BCUT2D eigenvalue weighted by atomic mass is 16.2.